The van der Waals surface area contributed by atoms with E-state index < -0.39 is 0 Å². The van der Waals surface area contributed by atoms with Crippen LogP contribution < -0.4 is 4.74 Å². The molecule has 1 unspecified atom stereocenters. The van der Waals surface area contributed by atoms with Gasteiger partial charge in [0.15, 0.2) is 0 Å². The Morgan fingerprint density at radius 3 is 2.81 bits per heavy atom. The van der Waals surface area contributed by atoms with Gasteiger partial charge in [-0.25, -0.2) is 4.98 Å². The molecule has 8 heteroatoms. The first-order chi connectivity index (χ1) is 15.1. The number of halogens is 1. The van der Waals surface area contributed by atoms with Gasteiger partial charge in [-0.15, -0.1) is 0 Å². The minimum Gasteiger partial charge on any atom is -0.456 e. The van der Waals surface area contributed by atoms with E-state index in [1.54, 1.807) is 24.5 Å². The lowest BCUT2D eigenvalue weighted by Gasteiger charge is -2.34. The van der Waals surface area contributed by atoms with Gasteiger partial charge in [0.05, 0.1) is 24.1 Å². The van der Waals surface area contributed by atoms with Crippen LogP contribution in [0.3, 0.4) is 0 Å². The van der Waals surface area contributed by atoms with Crippen molar-refractivity contribution in [2.45, 2.75) is 19.6 Å². The van der Waals surface area contributed by atoms with Gasteiger partial charge < -0.3 is 14.2 Å². The van der Waals surface area contributed by atoms with Gasteiger partial charge in [-0.05, 0) is 41.5 Å². The van der Waals surface area contributed by atoms with Crippen LogP contribution in [0, 0.1) is 11.3 Å². The Bertz CT molecular complexity index is 1200. The molecule has 3 aromatic rings. The number of ether oxygens (including phenoxy) is 1. The van der Waals surface area contributed by atoms with Crippen LogP contribution in [0.25, 0.3) is 0 Å². The fourth-order valence-electron chi connectivity index (χ4n) is 4.02. The first kappa shape index (κ1) is 19.6. The molecule has 1 fully saturated rings. The Morgan fingerprint density at radius 1 is 1.06 bits per heavy atom. The third-order valence-corrected chi connectivity index (χ3v) is 6.08. The van der Waals surface area contributed by atoms with E-state index in [4.69, 9.17) is 16.3 Å². The predicted molar refractivity (Wildman–Crippen MR) is 115 cm³/mol. The zero-order chi connectivity index (χ0) is 21.4. The molecule has 1 amide bonds. The van der Waals surface area contributed by atoms with E-state index in [2.05, 4.69) is 20.5 Å². The van der Waals surface area contributed by atoms with Gasteiger partial charge in [0, 0.05) is 43.9 Å². The number of carbonyl (C=O) groups is 1. The molecule has 0 aliphatic carbocycles. The summed E-state index contributed by atoms with van der Waals surface area (Å²) in [6, 6.07) is 13.2. The maximum atomic E-state index is 12.8. The Hall–Kier alpha value is -3.34. The highest BCUT2D eigenvalue weighted by Crippen LogP contribution is 2.31. The minimum atomic E-state index is 0.0729. The van der Waals surface area contributed by atoms with Gasteiger partial charge in [0.1, 0.15) is 17.6 Å². The third-order valence-electron chi connectivity index (χ3n) is 5.71. The average molecular weight is 434 g/mol. The number of benzene rings is 2. The molecule has 0 radical (unpaired) electrons. The number of amides is 1. The van der Waals surface area contributed by atoms with E-state index in [1.165, 1.54) is 0 Å². The van der Waals surface area contributed by atoms with Crippen molar-refractivity contribution in [2.75, 3.05) is 19.6 Å². The van der Waals surface area contributed by atoms with Crippen LogP contribution in [0.5, 0.6) is 11.5 Å². The molecule has 0 N–H and O–H groups in total. The highest BCUT2D eigenvalue weighted by molar-refractivity contribution is 6.31. The number of carbonyl (C=O) groups excluding carboxylic acids is 1. The summed E-state index contributed by atoms with van der Waals surface area (Å²) in [5.74, 6) is 1.14. The highest BCUT2D eigenvalue weighted by atomic mass is 35.5. The molecule has 0 spiro atoms. The fraction of sp³-hybridized carbons (Fsp3) is 0.261. The van der Waals surface area contributed by atoms with Gasteiger partial charge in [-0.2, -0.15) is 5.26 Å². The Balaban J connectivity index is 1.59. The number of piperazine rings is 1. The zero-order valence-electron chi connectivity index (χ0n) is 16.8. The van der Waals surface area contributed by atoms with Crippen molar-refractivity contribution in [3.63, 3.8) is 0 Å². The molecule has 3 aliphatic heterocycles. The van der Waals surface area contributed by atoms with Crippen LogP contribution in [0.1, 0.15) is 22.4 Å². The van der Waals surface area contributed by atoms with Gasteiger partial charge in [-0.1, -0.05) is 17.7 Å². The predicted octanol–water partition coefficient (Wildman–Crippen LogP) is 3.41. The van der Waals surface area contributed by atoms with E-state index >= 15 is 0 Å². The Labute approximate surface area is 185 Å². The summed E-state index contributed by atoms with van der Waals surface area (Å²) in [6.45, 7) is 3.44. The monoisotopic (exact) mass is 433 g/mol. The second-order valence-corrected chi connectivity index (χ2v) is 8.24. The molecule has 6 bridgehead atoms. The highest BCUT2D eigenvalue weighted by Gasteiger charge is 2.25. The molecule has 7 nitrogen and oxygen atoms in total. The van der Waals surface area contributed by atoms with Gasteiger partial charge in [-0.3, -0.25) is 9.69 Å². The summed E-state index contributed by atoms with van der Waals surface area (Å²) in [5, 5.41) is 10.1. The van der Waals surface area contributed by atoms with Crippen molar-refractivity contribution in [1.82, 2.24) is 19.4 Å². The smallest absolute Gasteiger partial charge is 0.237 e. The van der Waals surface area contributed by atoms with Crippen molar-refractivity contribution in [1.29, 1.82) is 5.26 Å². The largest absolute Gasteiger partial charge is 0.456 e. The first-order valence-electron chi connectivity index (χ1n) is 10.1. The summed E-state index contributed by atoms with van der Waals surface area (Å²) >= 11 is 6.42. The molecule has 1 atom stereocenters. The molecule has 4 heterocycles. The molecule has 1 aromatic heterocycles. The summed E-state index contributed by atoms with van der Waals surface area (Å²) < 4.78 is 8.16. The van der Waals surface area contributed by atoms with Crippen molar-refractivity contribution < 1.29 is 9.53 Å². The van der Waals surface area contributed by atoms with Gasteiger partial charge in [0.2, 0.25) is 5.91 Å². The molecular formula is C23H20ClN5O2. The van der Waals surface area contributed by atoms with Crippen LogP contribution >= 0.6 is 11.6 Å². The molecule has 1 saturated heterocycles. The van der Waals surface area contributed by atoms with E-state index in [-0.39, 0.29) is 5.91 Å². The van der Waals surface area contributed by atoms with Crippen molar-refractivity contribution in [2.24, 2.45) is 0 Å². The Kier molecular flexibility index (Phi) is 5.10. The summed E-state index contributed by atoms with van der Waals surface area (Å²) in [4.78, 5) is 21.1. The molecule has 31 heavy (non-hydrogen) atoms. The fourth-order valence-corrected chi connectivity index (χ4v) is 4.19. The number of hydrogen-bond acceptors (Lipinski definition) is 5. The number of hydrogen-bond donors (Lipinski definition) is 0. The van der Waals surface area contributed by atoms with E-state index in [0.29, 0.717) is 54.8 Å². The minimum absolute atomic E-state index is 0.0729. The maximum Gasteiger partial charge on any atom is 0.237 e. The SMILES string of the molecule is N#Cc1ccc2cc1Oc1ccc(Cl)c(c1)CN1CCN(CC1=O)Cc1cncn1C2. The van der Waals surface area contributed by atoms with E-state index in [9.17, 15) is 10.1 Å². The van der Waals surface area contributed by atoms with E-state index in [0.717, 1.165) is 23.4 Å². The molecular weight excluding hydrogens is 414 g/mol. The first-order valence-corrected chi connectivity index (χ1v) is 10.5. The molecule has 6 rings (SSSR count). The number of rotatable bonds is 0. The standard InChI is InChI=1S/C23H20ClN5O2/c24-21-4-3-20-8-18(21)12-28-6-5-27(14-23(28)30)13-19-10-26-15-29(19)11-16-1-2-17(9-25)22(7-16)31-20/h1-4,7-8,10,15H,5-6,11-14H2. The van der Waals surface area contributed by atoms with Crippen LogP contribution in [-0.2, 0) is 24.4 Å². The average Bonchev–Trinajstić information content (AvgIpc) is 3.18. The zero-order valence-corrected chi connectivity index (χ0v) is 17.5. The van der Waals surface area contributed by atoms with Crippen LogP contribution in [0.15, 0.2) is 48.9 Å². The lowest BCUT2D eigenvalue weighted by atomic mass is 10.1. The number of nitriles is 1. The topological polar surface area (TPSA) is 74.4 Å². The quantitative estimate of drug-likeness (QED) is 0.543. The molecule has 0 saturated carbocycles. The second-order valence-electron chi connectivity index (χ2n) is 7.84. The second kappa shape index (κ2) is 8.06. The molecule has 3 aliphatic rings. The maximum absolute atomic E-state index is 12.8. The number of fused-ring (bicyclic) bond motifs is 2. The van der Waals surface area contributed by atoms with Crippen molar-refractivity contribution in [3.05, 3.63) is 76.3 Å². The van der Waals surface area contributed by atoms with Gasteiger partial charge in [0.25, 0.3) is 0 Å². The van der Waals surface area contributed by atoms with Crippen molar-refractivity contribution in [3.8, 4) is 17.6 Å². The number of aromatic nitrogens is 2. The lowest BCUT2D eigenvalue weighted by molar-refractivity contribution is -0.136. The number of imidazole rings is 1. The summed E-state index contributed by atoms with van der Waals surface area (Å²) in [6.07, 6.45) is 3.63. The number of nitrogens with zero attached hydrogens (tertiary/aromatic N) is 5. The van der Waals surface area contributed by atoms with Crippen LogP contribution in [0.4, 0.5) is 0 Å². The summed E-state index contributed by atoms with van der Waals surface area (Å²) in [7, 11) is 0. The summed E-state index contributed by atoms with van der Waals surface area (Å²) in [5.41, 5.74) is 3.31. The van der Waals surface area contributed by atoms with E-state index in [1.807, 2.05) is 29.3 Å². The van der Waals surface area contributed by atoms with Crippen LogP contribution in [0.2, 0.25) is 5.02 Å². The van der Waals surface area contributed by atoms with Gasteiger partial charge >= 0.3 is 0 Å². The Morgan fingerprint density at radius 2 is 1.97 bits per heavy atom. The molecule has 156 valence electrons. The van der Waals surface area contributed by atoms with Crippen molar-refractivity contribution >= 4 is 17.5 Å². The lowest BCUT2D eigenvalue weighted by Crippen LogP contribution is -2.49. The molecule has 2 aromatic carbocycles. The van der Waals surface area contributed by atoms with Crippen LogP contribution in [-0.4, -0.2) is 44.9 Å². The normalized spacial score (nSPS) is 18.3. The third kappa shape index (κ3) is 4.00.